The number of carbonyl (C=O) groups is 1. The number of carboxylic acids is 1. The smallest absolute Gasteiger partial charge is 0.331 e. The van der Waals surface area contributed by atoms with Gasteiger partial charge in [0.15, 0.2) is 0 Å². The molecule has 0 aromatic heterocycles. The van der Waals surface area contributed by atoms with Gasteiger partial charge in [-0.05, 0) is 19.9 Å². The average molecular weight is 141 g/mol. The van der Waals surface area contributed by atoms with Crippen LogP contribution in [0, 0.1) is 0 Å². The van der Waals surface area contributed by atoms with Crippen LogP contribution in [0.3, 0.4) is 0 Å². The SMILES string of the molecule is C/C(N)=C\C=C(/C)C(=O)O. The van der Waals surface area contributed by atoms with E-state index in [9.17, 15) is 4.79 Å². The van der Waals surface area contributed by atoms with Crippen molar-refractivity contribution in [1.82, 2.24) is 0 Å². The molecule has 0 bridgehead atoms. The third-order valence-corrected chi connectivity index (χ3v) is 0.934. The predicted octanol–water partition coefficient (Wildman–Crippen LogP) is 0.880. The Balaban J connectivity index is 4.19. The van der Waals surface area contributed by atoms with E-state index in [1.807, 2.05) is 0 Å². The molecule has 0 spiro atoms. The Morgan fingerprint density at radius 1 is 1.40 bits per heavy atom. The van der Waals surface area contributed by atoms with Crippen molar-refractivity contribution in [2.24, 2.45) is 5.73 Å². The quantitative estimate of drug-likeness (QED) is 0.443. The molecule has 10 heavy (non-hydrogen) atoms. The van der Waals surface area contributed by atoms with Gasteiger partial charge in [-0.2, -0.15) is 0 Å². The zero-order valence-electron chi connectivity index (χ0n) is 6.09. The molecule has 0 aromatic carbocycles. The first-order valence-corrected chi connectivity index (χ1v) is 2.88. The maximum absolute atomic E-state index is 10.2. The fraction of sp³-hybridized carbons (Fsp3) is 0.286. The van der Waals surface area contributed by atoms with Gasteiger partial charge >= 0.3 is 5.97 Å². The van der Waals surface area contributed by atoms with Crippen LogP contribution in [-0.4, -0.2) is 11.1 Å². The van der Waals surface area contributed by atoms with Crippen LogP contribution in [0.15, 0.2) is 23.4 Å². The van der Waals surface area contributed by atoms with Crippen molar-refractivity contribution in [3.05, 3.63) is 23.4 Å². The Morgan fingerprint density at radius 2 is 1.90 bits per heavy atom. The van der Waals surface area contributed by atoms with Gasteiger partial charge in [0.1, 0.15) is 0 Å². The molecule has 0 fully saturated rings. The topological polar surface area (TPSA) is 63.3 Å². The van der Waals surface area contributed by atoms with Crippen LogP contribution in [0.4, 0.5) is 0 Å². The molecule has 0 saturated heterocycles. The Bertz CT molecular complexity index is 188. The number of aliphatic carboxylic acids is 1. The Labute approximate surface area is 59.8 Å². The van der Waals surface area contributed by atoms with E-state index in [0.29, 0.717) is 5.70 Å². The molecule has 3 heteroatoms. The van der Waals surface area contributed by atoms with Gasteiger partial charge in [0.05, 0.1) is 0 Å². The number of hydrogen-bond donors (Lipinski definition) is 2. The highest BCUT2D eigenvalue weighted by Gasteiger charge is 1.95. The van der Waals surface area contributed by atoms with E-state index in [-0.39, 0.29) is 5.57 Å². The Kier molecular flexibility index (Phi) is 3.25. The first-order valence-electron chi connectivity index (χ1n) is 2.88. The lowest BCUT2D eigenvalue weighted by molar-refractivity contribution is -0.132. The number of carboxylic acid groups (broad SMARTS) is 1. The summed E-state index contributed by atoms with van der Waals surface area (Å²) in [5.74, 6) is -0.919. The van der Waals surface area contributed by atoms with Gasteiger partial charge in [-0.25, -0.2) is 4.79 Å². The first kappa shape index (κ1) is 8.75. The zero-order valence-corrected chi connectivity index (χ0v) is 6.09. The maximum Gasteiger partial charge on any atom is 0.331 e. The van der Waals surface area contributed by atoms with Crippen LogP contribution in [0.1, 0.15) is 13.8 Å². The molecule has 0 saturated carbocycles. The molecule has 0 heterocycles. The van der Waals surface area contributed by atoms with Crippen molar-refractivity contribution in [3.63, 3.8) is 0 Å². The minimum Gasteiger partial charge on any atom is -0.478 e. The van der Waals surface area contributed by atoms with Crippen LogP contribution in [0.25, 0.3) is 0 Å². The second-order valence-corrected chi connectivity index (χ2v) is 2.07. The summed E-state index contributed by atoms with van der Waals surface area (Å²) in [6, 6.07) is 0. The van der Waals surface area contributed by atoms with Crippen LogP contribution in [0.2, 0.25) is 0 Å². The molecule has 3 nitrogen and oxygen atoms in total. The van der Waals surface area contributed by atoms with E-state index in [4.69, 9.17) is 10.8 Å². The molecule has 0 amide bonds. The lowest BCUT2D eigenvalue weighted by atomic mass is 10.2. The molecule has 0 atom stereocenters. The minimum atomic E-state index is -0.919. The Morgan fingerprint density at radius 3 is 2.20 bits per heavy atom. The van der Waals surface area contributed by atoms with Crippen LogP contribution in [-0.2, 0) is 4.79 Å². The van der Waals surface area contributed by atoms with Gasteiger partial charge in [-0.1, -0.05) is 6.08 Å². The molecule has 0 rings (SSSR count). The van der Waals surface area contributed by atoms with Gasteiger partial charge in [0.25, 0.3) is 0 Å². The number of allylic oxidation sites excluding steroid dienone is 3. The summed E-state index contributed by atoms with van der Waals surface area (Å²) in [6.07, 6.45) is 3.03. The van der Waals surface area contributed by atoms with Gasteiger partial charge in [0.2, 0.25) is 0 Å². The zero-order chi connectivity index (χ0) is 8.15. The third kappa shape index (κ3) is 3.72. The van der Waals surface area contributed by atoms with Crippen LogP contribution >= 0.6 is 0 Å². The molecule has 0 aromatic rings. The summed E-state index contributed by atoms with van der Waals surface area (Å²) in [4.78, 5) is 10.2. The van der Waals surface area contributed by atoms with E-state index in [0.717, 1.165) is 0 Å². The van der Waals surface area contributed by atoms with E-state index in [1.54, 1.807) is 13.0 Å². The van der Waals surface area contributed by atoms with Gasteiger partial charge in [0, 0.05) is 11.3 Å². The molecule has 0 aliphatic rings. The summed E-state index contributed by atoms with van der Waals surface area (Å²) in [5.41, 5.74) is 6.14. The van der Waals surface area contributed by atoms with Gasteiger partial charge in [-0.3, -0.25) is 0 Å². The highest BCUT2D eigenvalue weighted by Crippen LogP contribution is 1.93. The fourth-order valence-corrected chi connectivity index (χ4v) is 0.328. The highest BCUT2D eigenvalue weighted by molar-refractivity contribution is 5.86. The first-order chi connectivity index (χ1) is 4.54. The van der Waals surface area contributed by atoms with Gasteiger partial charge in [-0.15, -0.1) is 0 Å². The van der Waals surface area contributed by atoms with Crippen molar-refractivity contribution >= 4 is 5.97 Å². The molecular weight excluding hydrogens is 130 g/mol. The second kappa shape index (κ2) is 3.71. The summed E-state index contributed by atoms with van der Waals surface area (Å²) >= 11 is 0. The summed E-state index contributed by atoms with van der Waals surface area (Å²) < 4.78 is 0. The summed E-state index contributed by atoms with van der Waals surface area (Å²) in [5, 5.41) is 8.36. The van der Waals surface area contributed by atoms with E-state index in [1.165, 1.54) is 13.0 Å². The largest absolute Gasteiger partial charge is 0.478 e. The molecule has 56 valence electrons. The van der Waals surface area contributed by atoms with E-state index < -0.39 is 5.97 Å². The second-order valence-electron chi connectivity index (χ2n) is 2.07. The van der Waals surface area contributed by atoms with Crippen molar-refractivity contribution in [1.29, 1.82) is 0 Å². The van der Waals surface area contributed by atoms with E-state index in [2.05, 4.69) is 0 Å². The van der Waals surface area contributed by atoms with Crippen LogP contribution < -0.4 is 5.73 Å². The molecule has 0 radical (unpaired) electrons. The third-order valence-electron chi connectivity index (χ3n) is 0.934. The number of nitrogens with two attached hydrogens (primary N) is 1. The number of rotatable bonds is 2. The molecule has 0 unspecified atom stereocenters. The maximum atomic E-state index is 10.2. The van der Waals surface area contributed by atoms with Crippen molar-refractivity contribution in [2.45, 2.75) is 13.8 Å². The summed E-state index contributed by atoms with van der Waals surface area (Å²) in [6.45, 7) is 3.22. The predicted molar refractivity (Wildman–Crippen MR) is 39.3 cm³/mol. The molecular formula is C7H11NO2. The van der Waals surface area contributed by atoms with Gasteiger partial charge < -0.3 is 10.8 Å². The fourth-order valence-electron chi connectivity index (χ4n) is 0.328. The lowest BCUT2D eigenvalue weighted by Gasteiger charge is -1.88. The summed E-state index contributed by atoms with van der Waals surface area (Å²) in [7, 11) is 0. The normalized spacial score (nSPS) is 13.4. The Hall–Kier alpha value is -1.25. The molecule has 0 aliphatic carbocycles. The average Bonchev–Trinajstić information content (AvgIpc) is 1.82. The molecule has 3 N–H and O–H groups in total. The lowest BCUT2D eigenvalue weighted by Crippen LogP contribution is -1.95. The highest BCUT2D eigenvalue weighted by atomic mass is 16.4. The standard InChI is InChI=1S/C7H11NO2/c1-5(7(9)10)3-4-6(2)8/h3-4H,8H2,1-2H3,(H,9,10)/b5-3+,6-4+. The van der Waals surface area contributed by atoms with Crippen molar-refractivity contribution < 1.29 is 9.90 Å². The number of hydrogen-bond acceptors (Lipinski definition) is 2. The van der Waals surface area contributed by atoms with Crippen molar-refractivity contribution in [2.75, 3.05) is 0 Å². The van der Waals surface area contributed by atoms with Crippen molar-refractivity contribution in [3.8, 4) is 0 Å². The monoisotopic (exact) mass is 141 g/mol. The van der Waals surface area contributed by atoms with E-state index >= 15 is 0 Å². The van der Waals surface area contributed by atoms with Crippen LogP contribution in [0.5, 0.6) is 0 Å². The molecule has 0 aliphatic heterocycles. The minimum absolute atomic E-state index is 0.282.